The lowest BCUT2D eigenvalue weighted by Crippen LogP contribution is -2.36. The van der Waals surface area contributed by atoms with Crippen molar-refractivity contribution in [3.8, 4) is 0 Å². The molecule has 0 radical (unpaired) electrons. The van der Waals surface area contributed by atoms with Crippen LogP contribution in [0.3, 0.4) is 0 Å². The molecular formula is C10H14BrFN2O3S. The fourth-order valence-electron chi connectivity index (χ4n) is 1.32. The van der Waals surface area contributed by atoms with Gasteiger partial charge in [0.15, 0.2) is 5.82 Å². The molecular weight excluding hydrogens is 327 g/mol. The molecule has 0 aliphatic carbocycles. The maximum Gasteiger partial charge on any atom is 0.263 e. The van der Waals surface area contributed by atoms with Crippen molar-refractivity contribution in [2.45, 2.75) is 5.03 Å². The second-order valence-electron chi connectivity index (χ2n) is 3.38. The van der Waals surface area contributed by atoms with Crippen LogP contribution in [0, 0.1) is 5.82 Å². The Morgan fingerprint density at radius 3 is 2.78 bits per heavy atom. The van der Waals surface area contributed by atoms with E-state index in [2.05, 4.69) is 20.9 Å². The summed E-state index contributed by atoms with van der Waals surface area (Å²) >= 11 is 3.16. The van der Waals surface area contributed by atoms with E-state index in [0.717, 1.165) is 10.4 Å². The summed E-state index contributed by atoms with van der Waals surface area (Å²) in [5.74, 6) is -0.852. The van der Waals surface area contributed by atoms with Gasteiger partial charge in [-0.15, -0.1) is 0 Å². The van der Waals surface area contributed by atoms with Crippen molar-refractivity contribution in [1.82, 2.24) is 9.29 Å². The average Bonchev–Trinajstić information content (AvgIpc) is 2.34. The maximum absolute atomic E-state index is 13.5. The van der Waals surface area contributed by atoms with Crippen molar-refractivity contribution < 1.29 is 17.5 Å². The second kappa shape index (κ2) is 7.13. The Kier molecular flexibility index (Phi) is 6.13. The fourth-order valence-corrected chi connectivity index (χ4v) is 3.39. The monoisotopic (exact) mass is 340 g/mol. The van der Waals surface area contributed by atoms with Crippen LogP contribution in [0.2, 0.25) is 0 Å². The summed E-state index contributed by atoms with van der Waals surface area (Å²) in [4.78, 5) is 3.60. The number of alkyl halides is 1. The maximum atomic E-state index is 13.5. The molecule has 0 saturated carbocycles. The van der Waals surface area contributed by atoms with Gasteiger partial charge in [0.1, 0.15) is 0 Å². The SMILES string of the molecule is COCCN(CCBr)S(=O)(=O)c1ncccc1F. The van der Waals surface area contributed by atoms with E-state index in [0.29, 0.717) is 5.33 Å². The average molecular weight is 341 g/mol. The highest BCUT2D eigenvalue weighted by Crippen LogP contribution is 2.16. The Hall–Kier alpha value is -0.570. The molecule has 18 heavy (non-hydrogen) atoms. The fraction of sp³-hybridized carbons (Fsp3) is 0.500. The lowest BCUT2D eigenvalue weighted by Gasteiger charge is -2.20. The third-order valence-electron chi connectivity index (χ3n) is 2.19. The predicted octanol–water partition coefficient (Wildman–Crippen LogP) is 1.25. The molecule has 1 aromatic rings. The third kappa shape index (κ3) is 3.71. The molecule has 1 heterocycles. The van der Waals surface area contributed by atoms with Crippen LogP contribution in [-0.2, 0) is 14.8 Å². The van der Waals surface area contributed by atoms with E-state index in [1.807, 2.05) is 0 Å². The van der Waals surface area contributed by atoms with Crippen LogP contribution in [0.15, 0.2) is 23.4 Å². The van der Waals surface area contributed by atoms with Gasteiger partial charge in [0, 0.05) is 31.7 Å². The van der Waals surface area contributed by atoms with Crippen LogP contribution < -0.4 is 0 Å². The van der Waals surface area contributed by atoms with Crippen molar-refractivity contribution in [1.29, 1.82) is 0 Å². The summed E-state index contributed by atoms with van der Waals surface area (Å²) in [6.07, 6.45) is 1.25. The number of hydrogen-bond donors (Lipinski definition) is 0. The van der Waals surface area contributed by atoms with Crippen LogP contribution in [0.25, 0.3) is 0 Å². The van der Waals surface area contributed by atoms with E-state index < -0.39 is 20.9 Å². The Balaban J connectivity index is 3.05. The first-order valence-electron chi connectivity index (χ1n) is 5.19. The number of nitrogens with zero attached hydrogens (tertiary/aromatic N) is 2. The topological polar surface area (TPSA) is 59.5 Å². The van der Waals surface area contributed by atoms with Crippen LogP contribution in [0.4, 0.5) is 4.39 Å². The molecule has 0 unspecified atom stereocenters. The molecule has 0 N–H and O–H groups in total. The summed E-state index contributed by atoms with van der Waals surface area (Å²) in [5, 5.41) is -0.105. The van der Waals surface area contributed by atoms with E-state index in [1.54, 1.807) is 0 Å². The van der Waals surface area contributed by atoms with Gasteiger partial charge >= 0.3 is 0 Å². The summed E-state index contributed by atoms with van der Waals surface area (Å²) in [5.41, 5.74) is 0. The quantitative estimate of drug-likeness (QED) is 0.701. The molecule has 102 valence electrons. The first kappa shape index (κ1) is 15.5. The largest absolute Gasteiger partial charge is 0.383 e. The lowest BCUT2D eigenvalue weighted by molar-refractivity contribution is 0.180. The zero-order valence-corrected chi connectivity index (χ0v) is 12.2. The number of aromatic nitrogens is 1. The van der Waals surface area contributed by atoms with Gasteiger partial charge in [-0.2, -0.15) is 4.31 Å². The molecule has 0 amide bonds. The van der Waals surface area contributed by atoms with Gasteiger partial charge in [0.2, 0.25) is 5.03 Å². The van der Waals surface area contributed by atoms with Gasteiger partial charge in [-0.1, -0.05) is 15.9 Å². The summed E-state index contributed by atoms with van der Waals surface area (Å²) in [7, 11) is -2.46. The normalized spacial score (nSPS) is 12.0. The van der Waals surface area contributed by atoms with Crippen molar-refractivity contribution in [2.24, 2.45) is 0 Å². The third-order valence-corrected chi connectivity index (χ3v) is 4.38. The number of pyridine rings is 1. The summed E-state index contributed by atoms with van der Waals surface area (Å²) in [6, 6.07) is 2.42. The molecule has 0 fully saturated rings. The van der Waals surface area contributed by atoms with E-state index in [4.69, 9.17) is 4.74 Å². The number of sulfonamides is 1. The van der Waals surface area contributed by atoms with Crippen LogP contribution in [0.1, 0.15) is 0 Å². The number of ether oxygens (including phenoxy) is 1. The Labute approximate surface area is 114 Å². The van der Waals surface area contributed by atoms with E-state index >= 15 is 0 Å². The molecule has 0 bridgehead atoms. The van der Waals surface area contributed by atoms with Gasteiger partial charge in [0.05, 0.1) is 6.61 Å². The van der Waals surface area contributed by atoms with Crippen molar-refractivity contribution in [3.63, 3.8) is 0 Å². The molecule has 0 spiro atoms. The second-order valence-corrected chi connectivity index (χ2v) is 6.02. The summed E-state index contributed by atoms with van der Waals surface area (Å²) in [6.45, 7) is 0.614. The molecule has 0 saturated heterocycles. The molecule has 0 aromatic carbocycles. The molecule has 1 rings (SSSR count). The predicted molar refractivity (Wildman–Crippen MR) is 68.6 cm³/mol. The number of rotatable bonds is 7. The van der Waals surface area contributed by atoms with Crippen molar-refractivity contribution in [3.05, 3.63) is 24.1 Å². The first-order chi connectivity index (χ1) is 8.54. The smallest absolute Gasteiger partial charge is 0.263 e. The number of hydrogen-bond acceptors (Lipinski definition) is 4. The van der Waals surface area contributed by atoms with Crippen LogP contribution in [-0.4, -0.2) is 49.8 Å². The minimum Gasteiger partial charge on any atom is -0.383 e. The van der Waals surface area contributed by atoms with E-state index in [-0.39, 0.29) is 19.7 Å². The first-order valence-corrected chi connectivity index (χ1v) is 7.75. The van der Waals surface area contributed by atoms with Gasteiger partial charge < -0.3 is 4.74 Å². The number of methoxy groups -OCH3 is 1. The molecule has 0 atom stereocenters. The van der Waals surface area contributed by atoms with Crippen molar-refractivity contribution >= 4 is 26.0 Å². The molecule has 0 aliphatic heterocycles. The highest BCUT2D eigenvalue weighted by atomic mass is 79.9. The molecule has 1 aromatic heterocycles. The minimum atomic E-state index is -3.93. The van der Waals surface area contributed by atoms with E-state index in [1.165, 1.54) is 19.4 Å². The van der Waals surface area contributed by atoms with Crippen LogP contribution >= 0.6 is 15.9 Å². The van der Waals surface area contributed by atoms with Crippen molar-refractivity contribution in [2.75, 3.05) is 32.1 Å². The van der Waals surface area contributed by atoms with Gasteiger partial charge in [0.25, 0.3) is 10.0 Å². The zero-order valence-electron chi connectivity index (χ0n) is 9.84. The highest BCUT2D eigenvalue weighted by Gasteiger charge is 2.27. The van der Waals surface area contributed by atoms with Crippen LogP contribution in [0.5, 0.6) is 0 Å². The van der Waals surface area contributed by atoms with E-state index in [9.17, 15) is 12.8 Å². The Bertz CT molecular complexity index is 484. The van der Waals surface area contributed by atoms with Gasteiger partial charge in [-0.25, -0.2) is 17.8 Å². The van der Waals surface area contributed by atoms with Gasteiger partial charge in [-0.3, -0.25) is 0 Å². The lowest BCUT2D eigenvalue weighted by atomic mass is 10.5. The highest BCUT2D eigenvalue weighted by molar-refractivity contribution is 9.09. The van der Waals surface area contributed by atoms with Gasteiger partial charge in [-0.05, 0) is 12.1 Å². The molecule has 8 heteroatoms. The Morgan fingerprint density at radius 2 is 2.22 bits per heavy atom. The standard InChI is InChI=1S/C10H14BrFN2O3S/c1-17-8-7-14(6-4-11)18(15,16)10-9(12)3-2-5-13-10/h2-3,5H,4,6-8H2,1H3. The zero-order chi connectivity index (χ0) is 13.6. The Morgan fingerprint density at radius 1 is 1.50 bits per heavy atom. The number of halogens is 2. The summed E-state index contributed by atoms with van der Waals surface area (Å²) < 4.78 is 43.9. The molecule has 0 aliphatic rings. The minimum absolute atomic E-state index is 0.153. The molecule has 5 nitrogen and oxygen atoms in total.